The summed E-state index contributed by atoms with van der Waals surface area (Å²) >= 11 is 12.7. The maximum atomic E-state index is 13.2. The van der Waals surface area contributed by atoms with Crippen LogP contribution in [0, 0.1) is 5.41 Å². The van der Waals surface area contributed by atoms with Crippen LogP contribution >= 0.6 is 35.6 Å². The summed E-state index contributed by atoms with van der Waals surface area (Å²) in [6.45, 7) is 6.89. The van der Waals surface area contributed by atoms with E-state index in [0.717, 1.165) is 16.8 Å². The van der Waals surface area contributed by atoms with Gasteiger partial charge in [-0.3, -0.25) is 4.79 Å². The number of rotatable bonds is 3. The molecule has 1 amide bonds. The quantitative estimate of drug-likeness (QED) is 0.705. The summed E-state index contributed by atoms with van der Waals surface area (Å²) in [4.78, 5) is 15.0. The zero-order chi connectivity index (χ0) is 19.8. The summed E-state index contributed by atoms with van der Waals surface area (Å²) in [7, 11) is 0. The third kappa shape index (κ3) is 4.81. The number of carbonyl (C=O) groups is 1. The number of benzene rings is 2. The van der Waals surface area contributed by atoms with Gasteiger partial charge in [0.25, 0.3) is 5.91 Å². The molecular weight excluding hydrogens is 419 g/mol. The molecular formula is C21H25Cl3N2O2. The van der Waals surface area contributed by atoms with Gasteiger partial charge in [-0.2, -0.15) is 0 Å². The Balaban J connectivity index is 0.00000280. The summed E-state index contributed by atoms with van der Waals surface area (Å²) in [5.74, 6) is -0.148. The molecule has 1 aliphatic rings. The highest BCUT2D eigenvalue weighted by molar-refractivity contribution is 6.31. The second-order valence-electron chi connectivity index (χ2n) is 7.95. The van der Waals surface area contributed by atoms with Crippen LogP contribution in [0.2, 0.25) is 10.0 Å². The van der Waals surface area contributed by atoms with Crippen LogP contribution in [0.4, 0.5) is 5.69 Å². The van der Waals surface area contributed by atoms with Crippen molar-refractivity contribution in [2.75, 3.05) is 18.0 Å². The Kier molecular flexibility index (Phi) is 7.40. The number of carbonyl (C=O) groups excluding carboxylic acids is 1. The van der Waals surface area contributed by atoms with E-state index in [4.69, 9.17) is 33.7 Å². The van der Waals surface area contributed by atoms with Gasteiger partial charge in [0, 0.05) is 39.9 Å². The predicted molar refractivity (Wildman–Crippen MR) is 118 cm³/mol. The summed E-state index contributed by atoms with van der Waals surface area (Å²) in [6, 6.07) is 13.0. The number of ether oxygens (including phenoxy) is 1. The molecule has 2 aromatic carbocycles. The average molecular weight is 444 g/mol. The number of nitrogens with zero attached hydrogens (tertiary/aromatic N) is 1. The van der Waals surface area contributed by atoms with Crippen molar-refractivity contribution in [2.45, 2.75) is 33.0 Å². The molecule has 4 nitrogen and oxygen atoms in total. The van der Waals surface area contributed by atoms with E-state index in [1.54, 1.807) is 11.0 Å². The molecule has 0 radical (unpaired) electrons. The summed E-state index contributed by atoms with van der Waals surface area (Å²) in [6.07, 6.45) is -1.30. The lowest BCUT2D eigenvalue weighted by Gasteiger charge is -2.31. The number of anilines is 1. The van der Waals surface area contributed by atoms with Gasteiger partial charge in [-0.25, -0.2) is 0 Å². The lowest BCUT2D eigenvalue weighted by molar-refractivity contribution is -0.131. The van der Waals surface area contributed by atoms with Gasteiger partial charge >= 0.3 is 0 Å². The molecule has 1 heterocycles. The monoisotopic (exact) mass is 442 g/mol. The van der Waals surface area contributed by atoms with Crippen LogP contribution in [0.25, 0.3) is 0 Å². The van der Waals surface area contributed by atoms with Gasteiger partial charge in [0.05, 0.1) is 0 Å². The number of amides is 1. The average Bonchev–Trinajstić information content (AvgIpc) is 2.70. The van der Waals surface area contributed by atoms with E-state index in [-0.39, 0.29) is 30.3 Å². The predicted octanol–water partition coefficient (Wildman–Crippen LogP) is 5.24. The minimum Gasteiger partial charge on any atom is -0.354 e. The number of fused-ring (bicyclic) bond motifs is 1. The van der Waals surface area contributed by atoms with E-state index in [2.05, 4.69) is 20.8 Å². The SMILES string of the molecule is CC(C)(C)CN1C(=O)[C@@H](CN)O[C@H](c2ccccc2Cl)c2cc(Cl)ccc21.Cl. The van der Waals surface area contributed by atoms with Gasteiger partial charge in [0.1, 0.15) is 12.2 Å². The molecule has 0 fully saturated rings. The largest absolute Gasteiger partial charge is 0.354 e. The zero-order valence-electron chi connectivity index (χ0n) is 16.1. The molecule has 152 valence electrons. The Hall–Kier alpha value is -1.30. The van der Waals surface area contributed by atoms with Gasteiger partial charge in [0.15, 0.2) is 0 Å². The topological polar surface area (TPSA) is 55.6 Å². The Labute approximate surface area is 182 Å². The van der Waals surface area contributed by atoms with Gasteiger partial charge < -0.3 is 15.4 Å². The second kappa shape index (κ2) is 9.02. The summed E-state index contributed by atoms with van der Waals surface area (Å²) in [5, 5.41) is 1.14. The highest BCUT2D eigenvalue weighted by Gasteiger charge is 2.37. The first kappa shape index (κ1) is 23.0. The van der Waals surface area contributed by atoms with E-state index in [0.29, 0.717) is 16.6 Å². The molecule has 7 heteroatoms. The van der Waals surface area contributed by atoms with Crippen molar-refractivity contribution in [1.29, 1.82) is 0 Å². The fraction of sp³-hybridized carbons (Fsp3) is 0.381. The third-order valence-electron chi connectivity index (χ3n) is 4.44. The Morgan fingerprint density at radius 3 is 2.39 bits per heavy atom. The normalized spacial score (nSPS) is 19.6. The Morgan fingerprint density at radius 1 is 1.11 bits per heavy atom. The highest BCUT2D eigenvalue weighted by atomic mass is 35.5. The molecule has 0 saturated carbocycles. The minimum atomic E-state index is -0.764. The van der Waals surface area contributed by atoms with E-state index in [9.17, 15) is 4.79 Å². The molecule has 1 aliphatic heterocycles. The first-order valence-electron chi connectivity index (χ1n) is 8.92. The maximum absolute atomic E-state index is 13.2. The Morgan fingerprint density at radius 2 is 1.79 bits per heavy atom. The molecule has 3 rings (SSSR count). The van der Waals surface area contributed by atoms with E-state index in [1.165, 1.54) is 0 Å². The molecule has 28 heavy (non-hydrogen) atoms. The van der Waals surface area contributed by atoms with Crippen LogP contribution < -0.4 is 10.6 Å². The van der Waals surface area contributed by atoms with Gasteiger partial charge in [-0.15, -0.1) is 12.4 Å². The standard InChI is InChI=1S/C21H24Cl2N2O2.ClH/c1-21(2,3)12-25-17-9-8-13(22)10-15(17)19(27-18(11-24)20(25)26)14-6-4-5-7-16(14)23;/h4-10,18-19H,11-12,24H2,1-3H3;1H/t18-,19-;/m1./s1. The van der Waals surface area contributed by atoms with Crippen LogP contribution in [0.1, 0.15) is 38.0 Å². The third-order valence-corrected chi connectivity index (χ3v) is 5.02. The highest BCUT2D eigenvalue weighted by Crippen LogP contribution is 2.42. The fourth-order valence-electron chi connectivity index (χ4n) is 3.29. The number of hydrogen-bond donors (Lipinski definition) is 1. The van der Waals surface area contributed by atoms with Crippen LogP contribution in [0.15, 0.2) is 42.5 Å². The van der Waals surface area contributed by atoms with Crippen LogP contribution in [0.3, 0.4) is 0 Å². The first-order chi connectivity index (χ1) is 12.7. The van der Waals surface area contributed by atoms with Gasteiger partial charge in [-0.1, -0.05) is 62.2 Å². The van der Waals surface area contributed by atoms with Crippen molar-refractivity contribution in [2.24, 2.45) is 11.1 Å². The second-order valence-corrected chi connectivity index (χ2v) is 8.79. The van der Waals surface area contributed by atoms with Crippen LogP contribution in [0.5, 0.6) is 0 Å². The van der Waals surface area contributed by atoms with Crippen molar-refractivity contribution in [1.82, 2.24) is 0 Å². The smallest absolute Gasteiger partial charge is 0.257 e. The number of hydrogen-bond acceptors (Lipinski definition) is 3. The molecule has 0 saturated heterocycles. The molecule has 0 spiro atoms. The molecule has 2 atom stereocenters. The molecule has 0 bridgehead atoms. The number of halogens is 3. The zero-order valence-corrected chi connectivity index (χ0v) is 18.4. The number of nitrogens with two attached hydrogens (primary N) is 1. The van der Waals surface area contributed by atoms with E-state index >= 15 is 0 Å². The lowest BCUT2D eigenvalue weighted by atomic mass is 9.94. The van der Waals surface area contributed by atoms with E-state index < -0.39 is 12.2 Å². The summed E-state index contributed by atoms with van der Waals surface area (Å²) < 4.78 is 6.21. The molecule has 0 aliphatic carbocycles. The first-order valence-corrected chi connectivity index (χ1v) is 9.67. The van der Waals surface area contributed by atoms with Crippen molar-refractivity contribution in [3.8, 4) is 0 Å². The Bertz CT molecular complexity index is 852. The molecule has 0 unspecified atom stereocenters. The van der Waals surface area contributed by atoms with E-state index in [1.807, 2.05) is 36.4 Å². The molecule has 2 N–H and O–H groups in total. The van der Waals surface area contributed by atoms with Crippen molar-refractivity contribution in [3.63, 3.8) is 0 Å². The fourth-order valence-corrected chi connectivity index (χ4v) is 3.71. The lowest BCUT2D eigenvalue weighted by Crippen LogP contribution is -2.46. The van der Waals surface area contributed by atoms with Gasteiger partial charge in [-0.05, 0) is 29.7 Å². The maximum Gasteiger partial charge on any atom is 0.257 e. The molecule has 0 aromatic heterocycles. The van der Waals surface area contributed by atoms with Crippen LogP contribution in [-0.2, 0) is 9.53 Å². The minimum absolute atomic E-state index is 0. The van der Waals surface area contributed by atoms with Gasteiger partial charge in [0.2, 0.25) is 0 Å². The van der Waals surface area contributed by atoms with Crippen molar-refractivity contribution in [3.05, 3.63) is 63.6 Å². The van der Waals surface area contributed by atoms with Crippen LogP contribution in [-0.4, -0.2) is 25.1 Å². The van der Waals surface area contributed by atoms with Crippen molar-refractivity contribution >= 4 is 47.2 Å². The summed E-state index contributed by atoms with van der Waals surface area (Å²) in [5.41, 5.74) is 8.17. The molecule has 2 aromatic rings. The van der Waals surface area contributed by atoms with Crippen molar-refractivity contribution < 1.29 is 9.53 Å².